The molecular formula is C23H24NOP. The second-order valence-corrected chi connectivity index (χ2v) is 7.66. The van der Waals surface area contributed by atoms with Crippen LogP contribution in [0.5, 0.6) is 5.75 Å². The van der Waals surface area contributed by atoms with Crippen molar-refractivity contribution in [1.29, 1.82) is 0 Å². The average Bonchev–Trinajstić information content (AvgIpc) is 2.64. The van der Waals surface area contributed by atoms with Crippen molar-refractivity contribution in [2.75, 3.05) is 7.05 Å². The van der Waals surface area contributed by atoms with E-state index in [1.54, 1.807) is 0 Å². The number of nitrogens with zero attached hydrogens (tertiary/aromatic N) is 1. The first kappa shape index (κ1) is 18.4. The minimum Gasteiger partial charge on any atom is -0.488 e. The number of hydrogen-bond donors (Lipinski definition) is 0. The standard InChI is InChI=1S/C23H24NOP/c1-17-12-13-21(20(14-17)15-24-3)26-22-11-7-8-18(2)23(22)25-16-19-9-5-4-6-10-19/h4-15,26H,16H2,1-3H3/b24-15+. The van der Waals surface area contributed by atoms with Crippen molar-refractivity contribution < 1.29 is 4.74 Å². The van der Waals surface area contributed by atoms with E-state index in [1.807, 2.05) is 31.5 Å². The molecule has 3 heteroatoms. The van der Waals surface area contributed by atoms with Crippen LogP contribution in [0, 0.1) is 13.8 Å². The molecule has 0 fully saturated rings. The number of hydrogen-bond acceptors (Lipinski definition) is 2. The molecule has 0 amide bonds. The molecule has 0 N–H and O–H groups in total. The van der Waals surface area contributed by atoms with Gasteiger partial charge < -0.3 is 4.74 Å². The van der Waals surface area contributed by atoms with Gasteiger partial charge in [0.1, 0.15) is 12.4 Å². The number of para-hydroxylation sites is 1. The molecule has 2 nitrogen and oxygen atoms in total. The van der Waals surface area contributed by atoms with Crippen LogP contribution in [-0.4, -0.2) is 13.3 Å². The van der Waals surface area contributed by atoms with Gasteiger partial charge in [0.2, 0.25) is 0 Å². The SMILES string of the molecule is C/N=C/c1cc(C)ccc1Pc1cccc(C)c1OCc1ccccc1. The van der Waals surface area contributed by atoms with Crippen LogP contribution >= 0.6 is 8.58 Å². The lowest BCUT2D eigenvalue weighted by Gasteiger charge is -2.15. The maximum atomic E-state index is 6.22. The molecule has 1 unspecified atom stereocenters. The summed E-state index contributed by atoms with van der Waals surface area (Å²) in [6, 6.07) is 23.2. The Morgan fingerprint density at radius 2 is 1.73 bits per heavy atom. The van der Waals surface area contributed by atoms with Gasteiger partial charge in [-0.05, 0) is 36.3 Å². The molecule has 132 valence electrons. The van der Waals surface area contributed by atoms with Gasteiger partial charge >= 0.3 is 0 Å². The van der Waals surface area contributed by atoms with Gasteiger partial charge in [0, 0.05) is 24.1 Å². The number of rotatable bonds is 6. The highest BCUT2D eigenvalue weighted by Gasteiger charge is 2.10. The third-order valence-corrected chi connectivity index (χ3v) is 5.57. The van der Waals surface area contributed by atoms with Gasteiger partial charge in [-0.2, -0.15) is 0 Å². The zero-order chi connectivity index (χ0) is 18.4. The number of aryl methyl sites for hydroxylation is 2. The molecule has 0 aliphatic heterocycles. The van der Waals surface area contributed by atoms with E-state index in [2.05, 4.69) is 67.4 Å². The fourth-order valence-corrected chi connectivity index (χ4v) is 4.16. The molecule has 0 spiro atoms. The molecule has 0 aromatic heterocycles. The third-order valence-electron chi connectivity index (χ3n) is 4.18. The predicted molar refractivity (Wildman–Crippen MR) is 114 cm³/mol. The molecular weight excluding hydrogens is 337 g/mol. The number of aliphatic imine (C=N–C) groups is 1. The highest BCUT2D eigenvalue weighted by molar-refractivity contribution is 7.56. The Labute approximate surface area is 157 Å². The minimum absolute atomic E-state index is 0.528. The molecule has 0 heterocycles. The van der Waals surface area contributed by atoms with Crippen LogP contribution in [0.25, 0.3) is 0 Å². The predicted octanol–water partition coefficient (Wildman–Crippen LogP) is 4.56. The van der Waals surface area contributed by atoms with Crippen molar-refractivity contribution >= 4 is 25.4 Å². The number of benzene rings is 3. The van der Waals surface area contributed by atoms with E-state index in [-0.39, 0.29) is 0 Å². The van der Waals surface area contributed by atoms with Crippen molar-refractivity contribution in [2.45, 2.75) is 20.5 Å². The Kier molecular flexibility index (Phi) is 6.20. The summed E-state index contributed by atoms with van der Waals surface area (Å²) < 4.78 is 6.22. The van der Waals surface area contributed by atoms with Gasteiger partial charge in [0.25, 0.3) is 0 Å². The Hall–Kier alpha value is -2.44. The van der Waals surface area contributed by atoms with Gasteiger partial charge in [-0.25, -0.2) is 0 Å². The van der Waals surface area contributed by atoms with E-state index in [0.717, 1.165) is 5.75 Å². The van der Waals surface area contributed by atoms with Gasteiger partial charge in [-0.15, -0.1) is 0 Å². The largest absolute Gasteiger partial charge is 0.488 e. The van der Waals surface area contributed by atoms with Crippen molar-refractivity contribution in [3.05, 3.63) is 89.0 Å². The molecule has 26 heavy (non-hydrogen) atoms. The Morgan fingerprint density at radius 1 is 0.923 bits per heavy atom. The van der Waals surface area contributed by atoms with Crippen LogP contribution in [0.2, 0.25) is 0 Å². The maximum Gasteiger partial charge on any atom is 0.130 e. The maximum absolute atomic E-state index is 6.22. The fraction of sp³-hybridized carbons (Fsp3) is 0.174. The van der Waals surface area contributed by atoms with Crippen LogP contribution in [-0.2, 0) is 6.61 Å². The summed E-state index contributed by atoms with van der Waals surface area (Å²) in [6.45, 7) is 4.80. The summed E-state index contributed by atoms with van der Waals surface area (Å²) in [5, 5.41) is 2.52. The van der Waals surface area contributed by atoms with E-state index in [4.69, 9.17) is 4.74 Å². The minimum atomic E-state index is 0.528. The van der Waals surface area contributed by atoms with Crippen molar-refractivity contribution in [3.8, 4) is 5.75 Å². The molecule has 0 radical (unpaired) electrons. The lowest BCUT2D eigenvalue weighted by Crippen LogP contribution is -2.13. The molecule has 0 saturated heterocycles. The zero-order valence-corrected chi connectivity index (χ0v) is 16.5. The lowest BCUT2D eigenvalue weighted by atomic mass is 10.1. The summed E-state index contributed by atoms with van der Waals surface area (Å²) in [6.07, 6.45) is 1.94. The molecule has 0 saturated carbocycles. The zero-order valence-electron chi connectivity index (χ0n) is 15.5. The average molecular weight is 361 g/mol. The van der Waals surface area contributed by atoms with Crippen molar-refractivity contribution in [3.63, 3.8) is 0 Å². The summed E-state index contributed by atoms with van der Waals surface area (Å²) in [5.41, 5.74) is 4.78. The van der Waals surface area contributed by atoms with Gasteiger partial charge in [-0.1, -0.05) is 74.8 Å². The third kappa shape index (κ3) is 4.59. The molecule has 3 aromatic carbocycles. The van der Waals surface area contributed by atoms with E-state index in [1.165, 1.54) is 32.9 Å². The lowest BCUT2D eigenvalue weighted by molar-refractivity contribution is 0.307. The van der Waals surface area contributed by atoms with Crippen LogP contribution in [0.3, 0.4) is 0 Å². The monoisotopic (exact) mass is 361 g/mol. The first-order valence-electron chi connectivity index (χ1n) is 8.73. The van der Waals surface area contributed by atoms with Gasteiger partial charge in [0.05, 0.1) is 0 Å². The second kappa shape index (κ2) is 8.78. The van der Waals surface area contributed by atoms with Crippen molar-refractivity contribution in [1.82, 2.24) is 0 Å². The van der Waals surface area contributed by atoms with E-state index < -0.39 is 0 Å². The quantitative estimate of drug-likeness (QED) is 0.466. The van der Waals surface area contributed by atoms with Crippen LogP contribution in [0.4, 0.5) is 0 Å². The van der Waals surface area contributed by atoms with E-state index in [9.17, 15) is 0 Å². The second-order valence-electron chi connectivity index (χ2n) is 6.33. The molecule has 0 bridgehead atoms. The normalized spacial score (nSPS) is 11.5. The topological polar surface area (TPSA) is 21.6 Å². The highest BCUT2D eigenvalue weighted by atomic mass is 31.1. The van der Waals surface area contributed by atoms with Gasteiger partial charge in [-0.3, -0.25) is 4.99 Å². The molecule has 3 aromatic rings. The Balaban J connectivity index is 1.88. The molecule has 0 aliphatic carbocycles. The fourth-order valence-electron chi connectivity index (χ4n) is 2.86. The van der Waals surface area contributed by atoms with E-state index >= 15 is 0 Å². The summed E-state index contributed by atoms with van der Waals surface area (Å²) in [7, 11) is 2.34. The smallest absolute Gasteiger partial charge is 0.130 e. The van der Waals surface area contributed by atoms with Crippen LogP contribution in [0.15, 0.2) is 71.7 Å². The van der Waals surface area contributed by atoms with Gasteiger partial charge in [0.15, 0.2) is 0 Å². The first-order valence-corrected chi connectivity index (χ1v) is 9.73. The molecule has 3 rings (SSSR count). The highest BCUT2D eigenvalue weighted by Crippen LogP contribution is 2.25. The molecule has 0 aliphatic rings. The molecule has 1 atom stereocenters. The number of ether oxygens (including phenoxy) is 1. The Morgan fingerprint density at radius 3 is 2.50 bits per heavy atom. The van der Waals surface area contributed by atoms with Crippen LogP contribution < -0.4 is 15.3 Å². The first-order chi connectivity index (χ1) is 12.7. The summed E-state index contributed by atoms with van der Waals surface area (Å²) in [4.78, 5) is 4.21. The van der Waals surface area contributed by atoms with E-state index in [0.29, 0.717) is 15.2 Å². The van der Waals surface area contributed by atoms with Crippen LogP contribution in [0.1, 0.15) is 22.3 Å². The summed E-state index contributed by atoms with van der Waals surface area (Å²) in [5.74, 6) is 0.995. The van der Waals surface area contributed by atoms with Crippen molar-refractivity contribution in [2.24, 2.45) is 4.99 Å². The Bertz CT molecular complexity index is 903. The summed E-state index contributed by atoms with van der Waals surface area (Å²) >= 11 is 0.